The summed E-state index contributed by atoms with van der Waals surface area (Å²) in [6.45, 7) is 32.8. The van der Waals surface area contributed by atoms with Crippen LogP contribution in [0.15, 0.2) is 183 Å². The molecule has 2 aromatic heterocycles. The summed E-state index contributed by atoms with van der Waals surface area (Å²) in [5.74, 6) is -0.224. The zero-order valence-corrected chi connectivity index (χ0v) is 58.4. The van der Waals surface area contributed by atoms with Gasteiger partial charge in [-0.15, -0.1) is 20.5 Å². The number of amides is 1. The molecule has 0 radical (unpaired) electrons. The molecule has 1 aliphatic rings. The minimum absolute atomic E-state index is 0.224. The van der Waals surface area contributed by atoms with Crippen LogP contribution in [-0.4, -0.2) is 77.7 Å². The van der Waals surface area contributed by atoms with E-state index in [4.69, 9.17) is 11.3 Å². The van der Waals surface area contributed by atoms with Crippen molar-refractivity contribution in [1.82, 2.24) is 8.75 Å². The Morgan fingerprint density at radius 2 is 1.19 bits per heavy atom. The van der Waals surface area contributed by atoms with Gasteiger partial charge >= 0.3 is 0 Å². The van der Waals surface area contributed by atoms with E-state index in [0.29, 0.717) is 75.0 Å². The van der Waals surface area contributed by atoms with Crippen molar-refractivity contribution in [2.45, 2.75) is 127 Å². The number of ether oxygens (including phenoxy) is 1. The highest BCUT2D eigenvalue weighted by atomic mass is 32.1. The van der Waals surface area contributed by atoms with E-state index in [-0.39, 0.29) is 5.91 Å². The monoisotopic (exact) mass is 1310 g/mol. The van der Waals surface area contributed by atoms with E-state index in [1.54, 1.807) is 21.0 Å². The molecule has 0 unspecified atom stereocenters. The number of aromatic nitrogens is 2. The lowest BCUT2D eigenvalue weighted by molar-refractivity contribution is -0.527. The van der Waals surface area contributed by atoms with Crippen LogP contribution in [0.2, 0.25) is 0 Å². The molecule has 0 atom stereocenters. The summed E-state index contributed by atoms with van der Waals surface area (Å²) in [4.78, 5) is 27.8. The number of allylic oxidation sites excluding steroid dienone is 9. The maximum absolute atomic E-state index is 12.5. The average molecular weight is 1310 g/mol. The molecule has 490 valence electrons. The van der Waals surface area contributed by atoms with Gasteiger partial charge in [0.2, 0.25) is 11.6 Å². The lowest BCUT2D eigenvalue weighted by Gasteiger charge is -2.25. The number of anilines is 4. The molecule has 0 bridgehead atoms. The van der Waals surface area contributed by atoms with Gasteiger partial charge in [-0.1, -0.05) is 132 Å². The summed E-state index contributed by atoms with van der Waals surface area (Å²) in [5.41, 5.74) is 17.5. The van der Waals surface area contributed by atoms with E-state index in [1.807, 2.05) is 36.4 Å². The number of methoxy groups -OCH3 is 1. The number of aryl methyl sites for hydroxylation is 2. The molecule has 7 aromatic rings. The van der Waals surface area contributed by atoms with Gasteiger partial charge in [0.1, 0.15) is 36.1 Å². The van der Waals surface area contributed by atoms with Crippen LogP contribution in [0.1, 0.15) is 145 Å². The summed E-state index contributed by atoms with van der Waals surface area (Å²) >= 11 is 2.27. The lowest BCUT2D eigenvalue weighted by atomic mass is 9.93. The Balaban J connectivity index is 1.14. The number of aliphatic imine (C=N–C) groups is 1. The predicted molar refractivity (Wildman–Crippen MR) is 396 cm³/mol. The Morgan fingerprint density at radius 1 is 0.653 bits per heavy atom. The molecule has 0 saturated heterocycles. The van der Waals surface area contributed by atoms with Gasteiger partial charge < -0.3 is 24.8 Å². The summed E-state index contributed by atoms with van der Waals surface area (Å²) in [6.07, 6.45) is 26.4. The average Bonchev–Trinajstić information content (AvgIpc) is 2.33. The molecule has 0 fully saturated rings. The van der Waals surface area contributed by atoms with Gasteiger partial charge in [0, 0.05) is 88.2 Å². The molecule has 8 rings (SSSR count). The number of benzene rings is 5. The van der Waals surface area contributed by atoms with Crippen molar-refractivity contribution < 1.29 is 14.1 Å². The van der Waals surface area contributed by atoms with Gasteiger partial charge in [-0.2, -0.15) is 9.64 Å². The SMILES string of the molecule is [C-]#[N+]c1c(C)nsc1N=Nc1ccc(N(CC)Cc2ccc(C(/C=C/C=C(/c3ccc(CN(CC)c4ccc(N=Nc5snc(C)c5C#N)c(N=COC)c4)cc3)c3ccc(N(CCCC)CCCC)cc3)=C3C=CC(=[N+](CCCC)CCCC)C=C3)cc2)cc1NC(C)=O. The lowest BCUT2D eigenvalue weighted by Crippen LogP contribution is -2.25. The van der Waals surface area contributed by atoms with E-state index in [2.05, 4.69) is 227 Å². The molecule has 2 heterocycles. The minimum atomic E-state index is -0.224. The summed E-state index contributed by atoms with van der Waals surface area (Å²) in [5, 5.41) is 31.3. The van der Waals surface area contributed by atoms with Crippen LogP contribution in [0.3, 0.4) is 0 Å². The normalized spacial score (nSPS) is 12.4. The molecule has 0 aliphatic heterocycles. The fourth-order valence-electron chi connectivity index (χ4n) is 11.0. The standard InChI is InChI=1S/C77H88N14O2S2/c1-12-18-45-90(46-19-13-2)64-37-33-62(34-38-64)68(60-29-25-58(26-30-60)52-88(16-5)66-41-43-71(73(49-66)80-54-93-11)82-84-76-70(51-78)55(7)86-94-76)23-22-24-69(63-35-39-65(40-36-63)91(47-20-14-3)48-21-15-4)61-31-27-59(28-32-61)53-89(17-6)67-42-44-72(74(50-67)81-57(9)92)83-85-77-75(79-10)56(8)87-95-77/h22-44,49-50,54H,12-21,45-48,52-53H2,1-9,11H3/p+1. The third-order valence-electron chi connectivity index (χ3n) is 16.4. The molecule has 1 amide bonds. The van der Waals surface area contributed by atoms with E-state index < -0.39 is 0 Å². The molecular weight excluding hydrogens is 1220 g/mol. The van der Waals surface area contributed by atoms with Gasteiger partial charge in [0.25, 0.3) is 0 Å². The molecule has 0 saturated carbocycles. The van der Waals surface area contributed by atoms with Crippen molar-refractivity contribution in [1.29, 1.82) is 5.26 Å². The number of hydrogen-bond donors (Lipinski definition) is 1. The Bertz CT molecular complexity index is 4060. The number of azo groups is 2. The molecule has 95 heavy (non-hydrogen) atoms. The first-order valence-electron chi connectivity index (χ1n) is 33.1. The zero-order chi connectivity index (χ0) is 67.5. The van der Waals surface area contributed by atoms with Crippen molar-refractivity contribution in [2.24, 2.45) is 25.4 Å². The van der Waals surface area contributed by atoms with E-state index in [0.717, 1.165) is 163 Å². The Labute approximate surface area is 570 Å². The first-order chi connectivity index (χ1) is 46.3. The van der Waals surface area contributed by atoms with E-state index in [1.165, 1.54) is 24.7 Å². The van der Waals surface area contributed by atoms with Crippen LogP contribution in [0, 0.1) is 31.8 Å². The predicted octanol–water partition coefficient (Wildman–Crippen LogP) is 20.8. The Hall–Kier alpha value is -9.75. The largest absolute Gasteiger partial charge is 0.486 e. The first kappa shape index (κ1) is 71.1. The van der Waals surface area contributed by atoms with Gasteiger partial charge in [0.05, 0.1) is 36.4 Å². The highest BCUT2D eigenvalue weighted by Crippen LogP contribution is 2.40. The third-order valence-corrected chi connectivity index (χ3v) is 18.1. The van der Waals surface area contributed by atoms with Crippen molar-refractivity contribution in [3.05, 3.63) is 213 Å². The van der Waals surface area contributed by atoms with Gasteiger partial charge in [-0.3, -0.25) is 4.79 Å². The smallest absolute Gasteiger partial charge is 0.247 e. The number of hydrogen-bond acceptors (Lipinski definition) is 15. The number of rotatable bonds is 33. The highest BCUT2D eigenvalue weighted by Gasteiger charge is 2.19. The molecule has 1 N–H and O–H groups in total. The molecule has 16 nitrogen and oxygen atoms in total. The van der Waals surface area contributed by atoms with Crippen molar-refractivity contribution in [3.8, 4) is 6.07 Å². The second-order valence-corrected chi connectivity index (χ2v) is 24.8. The molecule has 18 heteroatoms. The van der Waals surface area contributed by atoms with Crippen molar-refractivity contribution in [2.75, 3.05) is 66.4 Å². The van der Waals surface area contributed by atoms with E-state index in [9.17, 15) is 10.1 Å². The number of carbonyl (C=O) groups excluding carboxylic acids is 1. The maximum atomic E-state index is 12.5. The second kappa shape index (κ2) is 36.6. The van der Waals surface area contributed by atoms with E-state index >= 15 is 0 Å². The molecule has 1 aliphatic carbocycles. The molecule has 5 aromatic carbocycles. The summed E-state index contributed by atoms with van der Waals surface area (Å²) in [6, 6.07) is 40.8. The zero-order valence-electron chi connectivity index (χ0n) is 56.8. The maximum Gasteiger partial charge on any atom is 0.247 e. The van der Waals surface area contributed by atoms with Crippen LogP contribution in [0.4, 0.5) is 55.5 Å². The summed E-state index contributed by atoms with van der Waals surface area (Å²) in [7, 11) is 1.56. The number of nitrogens with zero attached hydrogens (tertiary/aromatic N) is 13. The van der Waals surface area contributed by atoms with Crippen LogP contribution in [0.5, 0.6) is 0 Å². The first-order valence-corrected chi connectivity index (χ1v) is 34.7. The number of carbonyl (C=O) groups is 1. The van der Waals surface area contributed by atoms with Crippen LogP contribution in [-0.2, 0) is 22.6 Å². The fraction of sp³-hybridized carbons (Fsp3) is 0.338. The summed E-state index contributed by atoms with van der Waals surface area (Å²) < 4.78 is 16.3. The van der Waals surface area contributed by atoms with Crippen LogP contribution >= 0.6 is 23.1 Å². The Kier molecular flexibility index (Phi) is 27.4. The van der Waals surface area contributed by atoms with Crippen molar-refractivity contribution >= 4 is 108 Å². The second-order valence-electron chi connectivity index (χ2n) is 23.3. The number of unbranched alkanes of at least 4 members (excludes halogenated alkanes) is 4. The number of nitriles is 1. The van der Waals surface area contributed by atoms with Crippen LogP contribution < -0.4 is 20.0 Å². The van der Waals surface area contributed by atoms with Crippen molar-refractivity contribution in [3.63, 3.8) is 0 Å². The quantitative estimate of drug-likeness (QED) is 0.0106. The fourth-order valence-corrected chi connectivity index (χ4v) is 12.3. The molecular formula is C77H89N14O2S2+. The minimum Gasteiger partial charge on any atom is -0.486 e. The third kappa shape index (κ3) is 19.7. The molecule has 0 spiro atoms. The van der Waals surface area contributed by atoms with Gasteiger partial charge in [-0.05, 0) is 169 Å². The van der Waals surface area contributed by atoms with Gasteiger partial charge in [-0.25, -0.2) is 18.8 Å². The number of nitrogens with one attached hydrogen (secondary N) is 1. The Morgan fingerprint density at radius 3 is 1.76 bits per heavy atom. The topological polar surface area (TPSA) is 167 Å². The van der Waals surface area contributed by atoms with Gasteiger partial charge in [0.15, 0.2) is 22.1 Å². The van der Waals surface area contributed by atoms with Crippen LogP contribution in [0.25, 0.3) is 16.0 Å². The highest BCUT2D eigenvalue weighted by molar-refractivity contribution is 7.10.